The van der Waals surface area contributed by atoms with E-state index in [0.717, 1.165) is 53.4 Å². The number of aromatic nitrogens is 1. The summed E-state index contributed by atoms with van der Waals surface area (Å²) in [4.78, 5) is 43.5. The van der Waals surface area contributed by atoms with Gasteiger partial charge in [0.1, 0.15) is 11.4 Å². The second-order valence-corrected chi connectivity index (χ2v) is 14.5. The average Bonchev–Trinajstić information content (AvgIpc) is 3.26. The lowest BCUT2D eigenvalue weighted by atomic mass is 9.81. The molecule has 1 aliphatic carbocycles. The lowest BCUT2D eigenvalue weighted by Gasteiger charge is -2.35. The van der Waals surface area contributed by atoms with Crippen molar-refractivity contribution in [1.82, 2.24) is 9.47 Å². The van der Waals surface area contributed by atoms with Gasteiger partial charge in [0.25, 0.3) is 5.91 Å². The molecule has 8 nitrogen and oxygen atoms in total. The fourth-order valence-electron chi connectivity index (χ4n) is 7.68. The lowest BCUT2D eigenvalue weighted by Crippen LogP contribution is -2.49. The number of hydrogen-bond donors (Lipinski definition) is 0. The summed E-state index contributed by atoms with van der Waals surface area (Å²) in [6, 6.07) is 11.8. The Morgan fingerprint density at radius 1 is 0.958 bits per heavy atom. The van der Waals surface area contributed by atoms with Crippen molar-refractivity contribution in [1.29, 1.82) is 0 Å². The van der Waals surface area contributed by atoms with E-state index in [2.05, 4.69) is 16.7 Å². The van der Waals surface area contributed by atoms with E-state index >= 15 is 0 Å². The predicted molar refractivity (Wildman–Crippen MR) is 188 cm³/mol. The molecule has 2 aromatic carbocycles. The van der Waals surface area contributed by atoms with Gasteiger partial charge in [-0.1, -0.05) is 31.4 Å². The SMILES string of the molecule is CC=C(C(=O)C1=Cc2cc(OC)ccc2-c2c(C3CCCCC3)c3ccc(C(=O)OC(C)(C)C)cc3n2C1)C(=O)N1C[C@@H](C)O[C@@H](C)C1. The molecule has 0 N–H and O–H groups in total. The molecule has 2 atom stereocenters. The summed E-state index contributed by atoms with van der Waals surface area (Å²) >= 11 is 0. The van der Waals surface area contributed by atoms with Gasteiger partial charge in [0, 0.05) is 35.1 Å². The quantitative estimate of drug-likeness (QED) is 0.117. The van der Waals surface area contributed by atoms with Crippen molar-refractivity contribution in [2.24, 2.45) is 0 Å². The molecule has 3 aromatic rings. The van der Waals surface area contributed by atoms with Crippen LogP contribution in [0.5, 0.6) is 5.75 Å². The van der Waals surface area contributed by atoms with Crippen LogP contribution in [0.2, 0.25) is 0 Å². The van der Waals surface area contributed by atoms with Crippen LogP contribution in [0, 0.1) is 0 Å². The highest BCUT2D eigenvalue weighted by molar-refractivity contribution is 6.26. The molecule has 0 bridgehead atoms. The Morgan fingerprint density at radius 3 is 2.31 bits per heavy atom. The molecule has 0 radical (unpaired) electrons. The number of amides is 1. The largest absolute Gasteiger partial charge is 0.497 e. The Balaban J connectivity index is 1.53. The van der Waals surface area contributed by atoms with Crippen molar-refractivity contribution >= 4 is 34.6 Å². The van der Waals surface area contributed by atoms with Gasteiger partial charge in [0.05, 0.1) is 42.7 Å². The minimum Gasteiger partial charge on any atom is -0.497 e. The van der Waals surface area contributed by atoms with E-state index in [1.807, 2.05) is 65.0 Å². The molecule has 3 heterocycles. The fourth-order valence-corrected chi connectivity index (χ4v) is 7.68. The minimum absolute atomic E-state index is 0.117. The Kier molecular flexibility index (Phi) is 9.40. The van der Waals surface area contributed by atoms with Gasteiger partial charge >= 0.3 is 5.97 Å². The van der Waals surface area contributed by atoms with Crippen molar-refractivity contribution in [3.63, 3.8) is 0 Å². The highest BCUT2D eigenvalue weighted by atomic mass is 16.6. The summed E-state index contributed by atoms with van der Waals surface area (Å²) in [7, 11) is 1.64. The summed E-state index contributed by atoms with van der Waals surface area (Å²) in [6.45, 7) is 12.3. The molecule has 48 heavy (non-hydrogen) atoms. The van der Waals surface area contributed by atoms with Gasteiger partial charge < -0.3 is 23.7 Å². The third-order valence-electron chi connectivity index (χ3n) is 9.69. The molecular formula is C40H48N2O6. The Hall–Kier alpha value is -4.17. The zero-order chi connectivity index (χ0) is 34.3. The third kappa shape index (κ3) is 6.59. The van der Waals surface area contributed by atoms with Crippen LogP contribution < -0.4 is 4.74 Å². The van der Waals surface area contributed by atoms with E-state index in [1.54, 1.807) is 25.0 Å². The monoisotopic (exact) mass is 652 g/mol. The van der Waals surface area contributed by atoms with Crippen LogP contribution in [0.1, 0.15) is 101 Å². The smallest absolute Gasteiger partial charge is 0.338 e. The number of allylic oxidation sites excluding steroid dienone is 2. The van der Waals surface area contributed by atoms with Crippen molar-refractivity contribution in [3.05, 3.63) is 70.3 Å². The Bertz CT molecular complexity index is 1810. The number of hydrogen-bond acceptors (Lipinski definition) is 6. The number of esters is 1. The minimum atomic E-state index is -0.638. The number of carbonyl (C=O) groups is 3. The average molecular weight is 653 g/mol. The first-order chi connectivity index (χ1) is 22.9. The second-order valence-electron chi connectivity index (χ2n) is 14.5. The van der Waals surface area contributed by atoms with Crippen LogP contribution >= 0.6 is 0 Å². The standard InChI is InChI=1S/C40H48N2O6/c1-8-31(38(44)41-21-24(2)47-25(3)22-41)37(43)29-18-28-19-30(46-7)15-17-32(28)36-35(26-12-10-9-11-13-26)33-16-14-27(20-34(33)42(36)23-29)39(45)48-40(4,5)6/h8,14-20,24-26H,9-13,21-23H2,1-7H3/t24-,25+. The fraction of sp³-hybridized carbons (Fsp3) is 0.475. The van der Waals surface area contributed by atoms with E-state index in [-0.39, 0.29) is 42.0 Å². The molecule has 3 aliphatic rings. The van der Waals surface area contributed by atoms with Gasteiger partial charge in [-0.25, -0.2) is 4.79 Å². The molecule has 8 heteroatoms. The molecule has 254 valence electrons. The van der Waals surface area contributed by atoms with Crippen LogP contribution in [0.15, 0.2) is 53.6 Å². The Labute approximate surface area is 283 Å². The van der Waals surface area contributed by atoms with E-state index in [1.165, 1.54) is 12.0 Å². The van der Waals surface area contributed by atoms with E-state index in [4.69, 9.17) is 14.2 Å². The number of ether oxygens (including phenoxy) is 3. The van der Waals surface area contributed by atoms with Gasteiger partial charge in [-0.15, -0.1) is 0 Å². The van der Waals surface area contributed by atoms with Crippen molar-refractivity contribution in [3.8, 4) is 17.0 Å². The predicted octanol–water partition coefficient (Wildman–Crippen LogP) is 7.87. The number of nitrogens with zero attached hydrogens (tertiary/aromatic N) is 2. The van der Waals surface area contributed by atoms with Crippen molar-refractivity contribution in [2.75, 3.05) is 20.2 Å². The zero-order valence-corrected chi connectivity index (χ0v) is 29.4. The van der Waals surface area contributed by atoms with E-state index in [0.29, 0.717) is 35.9 Å². The topological polar surface area (TPSA) is 87.1 Å². The first-order valence-electron chi connectivity index (χ1n) is 17.3. The number of benzene rings is 2. The third-order valence-corrected chi connectivity index (χ3v) is 9.69. The van der Waals surface area contributed by atoms with Crippen molar-refractivity contribution < 1.29 is 28.6 Å². The van der Waals surface area contributed by atoms with Crippen LogP contribution in [0.25, 0.3) is 28.2 Å². The second kappa shape index (κ2) is 13.4. The number of carbonyl (C=O) groups excluding carboxylic acids is 3. The van der Waals surface area contributed by atoms with Gasteiger partial charge in [-0.3, -0.25) is 9.59 Å². The van der Waals surface area contributed by atoms with Crippen molar-refractivity contribution in [2.45, 2.75) is 104 Å². The van der Waals surface area contributed by atoms with Crippen LogP contribution in [0.4, 0.5) is 0 Å². The Morgan fingerprint density at radius 2 is 1.67 bits per heavy atom. The number of Topliss-reactive ketones (excluding diaryl/α,β-unsaturated/α-hetero) is 1. The number of morpholine rings is 1. The number of methoxy groups -OCH3 is 1. The van der Waals surface area contributed by atoms with Crippen LogP contribution in [-0.4, -0.2) is 65.1 Å². The highest BCUT2D eigenvalue weighted by Gasteiger charge is 2.34. The summed E-state index contributed by atoms with van der Waals surface area (Å²) in [5.74, 6) is 0.0514. The summed E-state index contributed by atoms with van der Waals surface area (Å²) < 4.78 is 19.5. The maximum atomic E-state index is 14.5. The zero-order valence-electron chi connectivity index (χ0n) is 29.4. The first-order valence-corrected chi connectivity index (χ1v) is 17.3. The van der Waals surface area contributed by atoms with Gasteiger partial charge in [-0.05, 0) is 108 Å². The maximum absolute atomic E-state index is 14.5. The van der Waals surface area contributed by atoms with Gasteiger partial charge in [-0.2, -0.15) is 0 Å². The number of ketones is 1. The summed E-state index contributed by atoms with van der Waals surface area (Å²) in [5.41, 5.74) is 5.51. The number of rotatable bonds is 6. The van der Waals surface area contributed by atoms with E-state index < -0.39 is 5.60 Å². The molecule has 1 aromatic heterocycles. The van der Waals surface area contributed by atoms with Crippen LogP contribution in [-0.2, 0) is 25.6 Å². The molecule has 1 amide bonds. The van der Waals surface area contributed by atoms with Gasteiger partial charge in [0.15, 0.2) is 5.78 Å². The summed E-state index contributed by atoms with van der Waals surface area (Å²) in [5, 5.41) is 1.08. The van der Waals surface area contributed by atoms with Crippen LogP contribution in [0.3, 0.4) is 0 Å². The molecule has 0 spiro atoms. The van der Waals surface area contributed by atoms with E-state index in [9.17, 15) is 14.4 Å². The molecule has 2 fully saturated rings. The molecule has 2 aliphatic heterocycles. The molecule has 1 saturated heterocycles. The number of fused-ring (bicyclic) bond motifs is 5. The van der Waals surface area contributed by atoms with Gasteiger partial charge in [0.2, 0.25) is 0 Å². The molecule has 1 saturated carbocycles. The molecule has 0 unspecified atom stereocenters. The molecule has 6 rings (SSSR count). The normalized spacial score (nSPS) is 20.4. The molecular weight excluding hydrogens is 604 g/mol. The highest BCUT2D eigenvalue weighted by Crippen LogP contribution is 2.47. The maximum Gasteiger partial charge on any atom is 0.338 e. The lowest BCUT2D eigenvalue weighted by molar-refractivity contribution is -0.140. The first kappa shape index (κ1) is 33.7. The summed E-state index contributed by atoms with van der Waals surface area (Å²) in [6.07, 6.45) is 9.03.